The van der Waals surface area contributed by atoms with Gasteiger partial charge in [-0.1, -0.05) is 13.8 Å². The lowest BCUT2D eigenvalue weighted by atomic mass is 9.43. The Labute approximate surface area is 291 Å². The molecule has 0 aromatic carbocycles. The number of aliphatic hydroxyl groups excluding tert-OH is 2. The molecule has 0 radical (unpaired) electrons. The van der Waals surface area contributed by atoms with E-state index in [-0.39, 0.29) is 12.2 Å². The first kappa shape index (κ1) is 31.4. The molecule has 48 heavy (non-hydrogen) atoms. The quantitative estimate of drug-likeness (QED) is 0.255. The Morgan fingerprint density at radius 2 is 0.833 bits per heavy atom. The standard InChI is InChI=1S/2C22H34O2/c2*1-21-9-6-14(23)12-13(21)2-3-15-16(21)7-10-22-11-8-19-20(24-19)18(22)5-4-17(15)22/h2*13-20,23H,2-12H2,1H3/t13-,14+,15?,16?,17?,18+,19+,20-,21-,22+;13-,14+,15?,16?,17?,18+,19-,20+,21-,22+/m00/s1. The highest BCUT2D eigenvalue weighted by molar-refractivity contribution is 5.18. The fourth-order valence-electron chi connectivity index (χ4n) is 18.5. The van der Waals surface area contributed by atoms with Crippen molar-refractivity contribution in [3.8, 4) is 0 Å². The van der Waals surface area contributed by atoms with Crippen molar-refractivity contribution in [2.24, 2.45) is 80.8 Å². The van der Waals surface area contributed by atoms with Crippen molar-refractivity contribution >= 4 is 0 Å². The van der Waals surface area contributed by atoms with Gasteiger partial charge in [-0.15, -0.1) is 0 Å². The van der Waals surface area contributed by atoms with Gasteiger partial charge in [0.2, 0.25) is 0 Å². The van der Waals surface area contributed by atoms with Gasteiger partial charge >= 0.3 is 0 Å². The molecule has 6 unspecified atom stereocenters. The maximum atomic E-state index is 10.2. The average molecular weight is 661 g/mol. The third-order valence-corrected chi connectivity index (χ3v) is 20.7. The van der Waals surface area contributed by atoms with Gasteiger partial charge < -0.3 is 19.7 Å². The van der Waals surface area contributed by atoms with Gasteiger partial charge in [0.05, 0.1) is 36.6 Å². The van der Waals surface area contributed by atoms with Crippen molar-refractivity contribution in [2.75, 3.05) is 0 Å². The summed E-state index contributed by atoms with van der Waals surface area (Å²) < 4.78 is 12.1. The molecule has 4 nitrogen and oxygen atoms in total. The molecule has 12 fully saturated rings. The molecule has 10 aliphatic carbocycles. The van der Waals surface area contributed by atoms with Crippen LogP contribution < -0.4 is 0 Å². The lowest BCUT2D eigenvalue weighted by molar-refractivity contribution is -0.134. The summed E-state index contributed by atoms with van der Waals surface area (Å²) in [5.74, 6) is 9.36. The van der Waals surface area contributed by atoms with Crippen LogP contribution in [0.15, 0.2) is 0 Å². The zero-order valence-electron chi connectivity index (χ0n) is 30.5. The second-order valence-corrected chi connectivity index (χ2v) is 21.4. The number of fused-ring (bicyclic) bond motifs is 12. The van der Waals surface area contributed by atoms with Crippen LogP contribution in [0.1, 0.15) is 155 Å². The van der Waals surface area contributed by atoms with E-state index in [9.17, 15) is 10.2 Å². The third kappa shape index (κ3) is 4.22. The number of hydrogen-bond donors (Lipinski definition) is 2. The first-order chi connectivity index (χ1) is 23.2. The smallest absolute Gasteiger partial charge is 0.0875 e. The minimum Gasteiger partial charge on any atom is -0.393 e. The van der Waals surface area contributed by atoms with E-state index in [0.717, 1.165) is 84.9 Å². The fraction of sp³-hybridized carbons (Fsp3) is 1.00. The van der Waals surface area contributed by atoms with Crippen molar-refractivity contribution in [1.82, 2.24) is 0 Å². The molecule has 0 aromatic rings. The second kappa shape index (κ2) is 10.7. The van der Waals surface area contributed by atoms with Crippen molar-refractivity contribution in [3.05, 3.63) is 0 Å². The summed E-state index contributed by atoms with van der Waals surface area (Å²) in [6.45, 7) is 5.23. The maximum absolute atomic E-state index is 10.2. The summed E-state index contributed by atoms with van der Waals surface area (Å²) in [4.78, 5) is 0. The van der Waals surface area contributed by atoms with E-state index in [0.29, 0.717) is 46.1 Å². The van der Waals surface area contributed by atoms with E-state index in [1.54, 1.807) is 0 Å². The first-order valence-corrected chi connectivity index (χ1v) is 21.9. The van der Waals surface area contributed by atoms with Crippen molar-refractivity contribution < 1.29 is 19.7 Å². The largest absolute Gasteiger partial charge is 0.393 e. The predicted octanol–water partition coefficient (Wildman–Crippen LogP) is 9.10. The minimum absolute atomic E-state index is 0.00675. The van der Waals surface area contributed by atoms with Crippen LogP contribution in [0, 0.1) is 80.8 Å². The highest BCUT2D eigenvalue weighted by Crippen LogP contribution is 2.73. The van der Waals surface area contributed by atoms with Gasteiger partial charge in [-0.2, -0.15) is 0 Å². The van der Waals surface area contributed by atoms with Crippen LogP contribution in [0.5, 0.6) is 0 Å². The van der Waals surface area contributed by atoms with Gasteiger partial charge in [0.25, 0.3) is 0 Å². The van der Waals surface area contributed by atoms with Gasteiger partial charge in [-0.25, -0.2) is 0 Å². The Bertz CT molecular complexity index is 1190. The summed E-state index contributed by atoms with van der Waals surface area (Å²) >= 11 is 0. The molecule has 2 aliphatic heterocycles. The summed E-state index contributed by atoms with van der Waals surface area (Å²) in [5, 5.41) is 20.4. The molecule has 10 saturated carbocycles. The monoisotopic (exact) mass is 661 g/mol. The number of epoxide rings is 2. The van der Waals surface area contributed by atoms with Crippen molar-refractivity contribution in [2.45, 2.75) is 192 Å². The van der Waals surface area contributed by atoms with Gasteiger partial charge in [0, 0.05) is 0 Å². The Kier molecular flexibility index (Phi) is 7.00. The Morgan fingerprint density at radius 1 is 0.417 bits per heavy atom. The number of rotatable bonds is 0. The normalized spacial score (nSPS) is 64.2. The molecule has 20 atom stereocenters. The predicted molar refractivity (Wildman–Crippen MR) is 187 cm³/mol. The van der Waals surface area contributed by atoms with Crippen LogP contribution in [0.3, 0.4) is 0 Å². The fourth-order valence-corrected chi connectivity index (χ4v) is 18.5. The zero-order chi connectivity index (χ0) is 32.2. The number of hydrogen-bond acceptors (Lipinski definition) is 4. The molecule has 0 aromatic heterocycles. The van der Waals surface area contributed by atoms with Crippen LogP contribution >= 0.6 is 0 Å². The third-order valence-electron chi connectivity index (χ3n) is 20.7. The molecule has 0 bridgehead atoms. The minimum atomic E-state index is -0.00675. The van der Waals surface area contributed by atoms with Crippen LogP contribution in [0.25, 0.3) is 0 Å². The van der Waals surface area contributed by atoms with Gasteiger partial charge in [0.1, 0.15) is 0 Å². The Morgan fingerprint density at radius 3 is 1.29 bits per heavy atom. The van der Waals surface area contributed by atoms with Gasteiger partial charge in [0.15, 0.2) is 0 Å². The molecule has 12 rings (SSSR count). The maximum Gasteiger partial charge on any atom is 0.0875 e. The molecule has 0 amide bonds. The average Bonchev–Trinajstić information content (AvgIpc) is 3.98. The summed E-state index contributed by atoms with van der Waals surface area (Å²) in [6.07, 6.45) is 32.8. The highest BCUT2D eigenvalue weighted by atomic mass is 16.6. The lowest BCUT2D eigenvalue weighted by Gasteiger charge is -2.62. The molecule has 4 heteroatoms. The zero-order valence-corrected chi connectivity index (χ0v) is 30.5. The molecule has 2 N–H and O–H groups in total. The van der Waals surface area contributed by atoms with E-state index in [1.807, 2.05) is 0 Å². The Hall–Kier alpha value is -0.160. The number of aliphatic hydroxyl groups is 2. The van der Waals surface area contributed by atoms with E-state index >= 15 is 0 Å². The molecule has 2 spiro atoms. The van der Waals surface area contributed by atoms with Gasteiger partial charge in [-0.3, -0.25) is 0 Å². The van der Waals surface area contributed by atoms with E-state index in [4.69, 9.17) is 9.47 Å². The van der Waals surface area contributed by atoms with E-state index in [1.165, 1.54) is 116 Å². The first-order valence-electron chi connectivity index (χ1n) is 21.9. The molecule has 12 aliphatic rings. The van der Waals surface area contributed by atoms with E-state index in [2.05, 4.69) is 13.8 Å². The second-order valence-electron chi connectivity index (χ2n) is 21.4. The highest BCUT2D eigenvalue weighted by Gasteiger charge is 2.69. The molecule has 2 heterocycles. The van der Waals surface area contributed by atoms with Crippen LogP contribution in [-0.4, -0.2) is 46.8 Å². The summed E-state index contributed by atoms with van der Waals surface area (Å²) in [5.41, 5.74) is 2.43. The topological polar surface area (TPSA) is 65.5 Å². The number of ether oxygens (including phenoxy) is 2. The van der Waals surface area contributed by atoms with Crippen molar-refractivity contribution in [3.63, 3.8) is 0 Å². The lowest BCUT2D eigenvalue weighted by Crippen LogP contribution is -2.55. The van der Waals surface area contributed by atoms with Crippen molar-refractivity contribution in [1.29, 1.82) is 0 Å². The van der Waals surface area contributed by atoms with E-state index < -0.39 is 0 Å². The van der Waals surface area contributed by atoms with Crippen LogP contribution in [-0.2, 0) is 9.47 Å². The van der Waals surface area contributed by atoms with Crippen LogP contribution in [0.4, 0.5) is 0 Å². The Balaban J connectivity index is 0.000000117. The molecular formula is C44H68O4. The molecule has 2 saturated heterocycles. The van der Waals surface area contributed by atoms with Crippen LogP contribution in [0.2, 0.25) is 0 Å². The van der Waals surface area contributed by atoms with Gasteiger partial charge in [-0.05, 0) is 222 Å². The molecular weight excluding hydrogens is 592 g/mol. The summed E-state index contributed by atoms with van der Waals surface area (Å²) in [6, 6.07) is 0. The molecule has 268 valence electrons. The summed E-state index contributed by atoms with van der Waals surface area (Å²) in [7, 11) is 0. The SMILES string of the molecule is C[C@]12CC[C@@H](O)C[C@@H]1CCC1C3CC[C@@H]4[C@@H]5O[C@@H]5CC[C@]34CCC12.C[C@]12CC[C@@H](O)C[C@@H]1CCC1C3CC[C@@H]4[C@H]5O[C@H]5CC[C@]34CCC12.